The molecule has 0 radical (unpaired) electrons. The molecular formula is C15H20N2O3S. The van der Waals surface area contributed by atoms with Gasteiger partial charge in [0.2, 0.25) is 15.9 Å². The van der Waals surface area contributed by atoms with Crippen molar-refractivity contribution in [2.24, 2.45) is 0 Å². The van der Waals surface area contributed by atoms with Crippen molar-refractivity contribution in [3.63, 3.8) is 0 Å². The number of nitrogens with zero attached hydrogens (tertiary/aromatic N) is 1. The normalized spacial score (nSPS) is 18.0. The lowest BCUT2D eigenvalue weighted by Crippen LogP contribution is -2.45. The number of hydrogen-bond donors (Lipinski definition) is 1. The van der Waals surface area contributed by atoms with Crippen LogP contribution >= 0.6 is 0 Å². The van der Waals surface area contributed by atoms with Crippen LogP contribution in [0.2, 0.25) is 0 Å². The Balaban J connectivity index is 1.81. The van der Waals surface area contributed by atoms with Gasteiger partial charge in [-0.2, -0.15) is 0 Å². The maximum absolute atomic E-state index is 11.8. The molecule has 1 aromatic rings. The molecular weight excluding hydrogens is 288 g/mol. The Kier molecular flexibility index (Phi) is 5.14. The number of carbonyl (C=O) groups excluding carboxylic acids is 1. The van der Waals surface area contributed by atoms with Gasteiger partial charge in [-0.05, 0) is 24.5 Å². The molecule has 114 valence electrons. The molecule has 1 N–H and O–H groups in total. The van der Waals surface area contributed by atoms with Crippen molar-refractivity contribution in [3.05, 3.63) is 42.0 Å². The number of piperidine rings is 1. The summed E-state index contributed by atoms with van der Waals surface area (Å²) in [7, 11) is -3.12. The third kappa shape index (κ3) is 4.99. The van der Waals surface area contributed by atoms with E-state index in [9.17, 15) is 13.2 Å². The van der Waals surface area contributed by atoms with Crippen molar-refractivity contribution in [1.82, 2.24) is 9.62 Å². The minimum Gasteiger partial charge on any atom is -0.350 e. The molecule has 2 rings (SSSR count). The first kappa shape index (κ1) is 15.7. The Morgan fingerprint density at radius 1 is 1.24 bits per heavy atom. The van der Waals surface area contributed by atoms with Gasteiger partial charge in [-0.25, -0.2) is 12.7 Å². The largest absolute Gasteiger partial charge is 0.350 e. The second-order valence-corrected chi connectivity index (χ2v) is 7.17. The Labute approximate surface area is 125 Å². The van der Waals surface area contributed by atoms with Crippen molar-refractivity contribution >= 4 is 22.0 Å². The fraction of sp³-hybridized carbons (Fsp3) is 0.400. The molecule has 0 saturated carbocycles. The van der Waals surface area contributed by atoms with Crippen LogP contribution in [0.4, 0.5) is 0 Å². The van der Waals surface area contributed by atoms with E-state index in [1.54, 1.807) is 6.08 Å². The minimum absolute atomic E-state index is 0.0379. The summed E-state index contributed by atoms with van der Waals surface area (Å²) < 4.78 is 24.3. The van der Waals surface area contributed by atoms with Gasteiger partial charge in [0.1, 0.15) is 0 Å². The van der Waals surface area contributed by atoms with E-state index in [0.29, 0.717) is 25.9 Å². The lowest BCUT2D eigenvalue weighted by atomic mass is 10.1. The Bertz CT molecular complexity index is 603. The zero-order valence-electron chi connectivity index (χ0n) is 12.0. The molecule has 1 aromatic carbocycles. The first-order valence-electron chi connectivity index (χ1n) is 6.94. The quantitative estimate of drug-likeness (QED) is 0.851. The number of benzene rings is 1. The van der Waals surface area contributed by atoms with E-state index in [2.05, 4.69) is 5.32 Å². The SMILES string of the molecule is CS(=O)(=O)N1CCC(NC(=O)/C=C/c2ccccc2)CC1. The molecule has 1 aliphatic rings. The zero-order chi connectivity index (χ0) is 15.3. The van der Waals surface area contributed by atoms with Crippen LogP contribution in [-0.2, 0) is 14.8 Å². The minimum atomic E-state index is -3.12. The van der Waals surface area contributed by atoms with Gasteiger partial charge in [-0.3, -0.25) is 4.79 Å². The summed E-state index contributed by atoms with van der Waals surface area (Å²) in [5.74, 6) is -0.142. The predicted molar refractivity (Wildman–Crippen MR) is 83.1 cm³/mol. The Morgan fingerprint density at radius 2 is 1.86 bits per heavy atom. The molecule has 0 bridgehead atoms. The zero-order valence-corrected chi connectivity index (χ0v) is 12.8. The topological polar surface area (TPSA) is 66.5 Å². The average molecular weight is 308 g/mol. The van der Waals surface area contributed by atoms with Crippen LogP contribution < -0.4 is 5.32 Å². The summed E-state index contributed by atoms with van der Waals surface area (Å²) in [6.45, 7) is 0.929. The van der Waals surface area contributed by atoms with E-state index < -0.39 is 10.0 Å². The molecule has 1 fully saturated rings. The maximum atomic E-state index is 11.8. The molecule has 0 atom stereocenters. The highest BCUT2D eigenvalue weighted by atomic mass is 32.2. The lowest BCUT2D eigenvalue weighted by Gasteiger charge is -2.30. The number of hydrogen-bond acceptors (Lipinski definition) is 3. The van der Waals surface area contributed by atoms with Crippen LogP contribution in [0.5, 0.6) is 0 Å². The van der Waals surface area contributed by atoms with Crippen molar-refractivity contribution in [3.8, 4) is 0 Å². The van der Waals surface area contributed by atoms with Gasteiger partial charge in [0.05, 0.1) is 6.26 Å². The smallest absolute Gasteiger partial charge is 0.244 e. The summed E-state index contributed by atoms with van der Waals surface area (Å²) in [5, 5.41) is 2.91. The summed E-state index contributed by atoms with van der Waals surface area (Å²) in [5.41, 5.74) is 0.972. The van der Waals surface area contributed by atoms with E-state index >= 15 is 0 Å². The van der Waals surface area contributed by atoms with Gasteiger partial charge < -0.3 is 5.32 Å². The van der Waals surface area contributed by atoms with E-state index in [0.717, 1.165) is 5.56 Å². The number of nitrogens with one attached hydrogen (secondary N) is 1. The van der Waals surface area contributed by atoms with Crippen LogP contribution in [0, 0.1) is 0 Å². The first-order chi connectivity index (χ1) is 9.95. The molecule has 0 aliphatic carbocycles. The summed E-state index contributed by atoms with van der Waals surface area (Å²) >= 11 is 0. The van der Waals surface area contributed by atoms with Gasteiger partial charge >= 0.3 is 0 Å². The number of amides is 1. The first-order valence-corrected chi connectivity index (χ1v) is 8.79. The van der Waals surface area contributed by atoms with E-state index in [4.69, 9.17) is 0 Å². The third-order valence-corrected chi connectivity index (χ3v) is 4.80. The molecule has 1 heterocycles. The highest BCUT2D eigenvalue weighted by Crippen LogP contribution is 2.13. The molecule has 0 unspecified atom stereocenters. The van der Waals surface area contributed by atoms with Crippen LogP contribution in [0.3, 0.4) is 0 Å². The van der Waals surface area contributed by atoms with E-state index in [-0.39, 0.29) is 11.9 Å². The Hall–Kier alpha value is -1.66. The van der Waals surface area contributed by atoms with Gasteiger partial charge in [0.25, 0.3) is 0 Å². The molecule has 0 aromatic heterocycles. The Morgan fingerprint density at radius 3 is 2.43 bits per heavy atom. The standard InChI is InChI=1S/C15H20N2O3S/c1-21(19,20)17-11-9-14(10-12-17)16-15(18)8-7-13-5-3-2-4-6-13/h2-8,14H,9-12H2,1H3,(H,16,18)/b8-7+. The number of carbonyl (C=O) groups is 1. The fourth-order valence-electron chi connectivity index (χ4n) is 2.32. The molecule has 6 heteroatoms. The summed E-state index contributed by atoms with van der Waals surface area (Å²) in [4.78, 5) is 11.8. The summed E-state index contributed by atoms with van der Waals surface area (Å²) in [6, 6.07) is 9.64. The van der Waals surface area contributed by atoms with Crippen molar-refractivity contribution in [1.29, 1.82) is 0 Å². The molecule has 0 spiro atoms. The second-order valence-electron chi connectivity index (χ2n) is 5.19. The predicted octanol–water partition coefficient (Wildman–Crippen LogP) is 1.24. The molecule has 1 amide bonds. The van der Waals surface area contributed by atoms with Crippen LogP contribution in [0.15, 0.2) is 36.4 Å². The van der Waals surface area contributed by atoms with Gasteiger partial charge in [0, 0.05) is 25.2 Å². The van der Waals surface area contributed by atoms with Crippen molar-refractivity contribution < 1.29 is 13.2 Å². The summed E-state index contributed by atoms with van der Waals surface area (Å²) in [6.07, 6.45) is 5.80. The lowest BCUT2D eigenvalue weighted by molar-refractivity contribution is -0.117. The highest BCUT2D eigenvalue weighted by Gasteiger charge is 2.25. The monoisotopic (exact) mass is 308 g/mol. The van der Waals surface area contributed by atoms with Crippen LogP contribution in [0.25, 0.3) is 6.08 Å². The highest BCUT2D eigenvalue weighted by molar-refractivity contribution is 7.88. The van der Waals surface area contributed by atoms with Crippen LogP contribution in [-0.4, -0.2) is 44.0 Å². The third-order valence-electron chi connectivity index (χ3n) is 3.50. The fourth-order valence-corrected chi connectivity index (χ4v) is 3.19. The second kappa shape index (κ2) is 6.87. The number of rotatable bonds is 4. The molecule has 1 aliphatic heterocycles. The van der Waals surface area contributed by atoms with Gasteiger partial charge in [-0.15, -0.1) is 0 Å². The molecule has 21 heavy (non-hydrogen) atoms. The van der Waals surface area contributed by atoms with Gasteiger partial charge in [0.15, 0.2) is 0 Å². The molecule has 1 saturated heterocycles. The van der Waals surface area contributed by atoms with Crippen molar-refractivity contribution in [2.75, 3.05) is 19.3 Å². The number of sulfonamides is 1. The van der Waals surface area contributed by atoms with E-state index in [1.165, 1.54) is 16.6 Å². The maximum Gasteiger partial charge on any atom is 0.244 e. The molecule has 5 nitrogen and oxygen atoms in total. The van der Waals surface area contributed by atoms with Crippen LogP contribution in [0.1, 0.15) is 18.4 Å². The average Bonchev–Trinajstić information content (AvgIpc) is 2.46. The van der Waals surface area contributed by atoms with Gasteiger partial charge in [-0.1, -0.05) is 30.3 Å². The van der Waals surface area contributed by atoms with Crippen molar-refractivity contribution in [2.45, 2.75) is 18.9 Å². The van der Waals surface area contributed by atoms with E-state index in [1.807, 2.05) is 30.3 Å².